The summed E-state index contributed by atoms with van der Waals surface area (Å²) in [6.45, 7) is 1.43. The van der Waals surface area contributed by atoms with Gasteiger partial charge in [-0.15, -0.1) is 5.10 Å². The number of hydrogen-bond acceptors (Lipinski definition) is 7. The van der Waals surface area contributed by atoms with Gasteiger partial charge in [0.05, 0.1) is 12.8 Å². The summed E-state index contributed by atoms with van der Waals surface area (Å²) in [5.41, 5.74) is 0.842. The van der Waals surface area contributed by atoms with Crippen LogP contribution in [0.25, 0.3) is 0 Å². The van der Waals surface area contributed by atoms with Gasteiger partial charge < -0.3 is 9.47 Å². The quantitative estimate of drug-likeness (QED) is 0.330. The van der Waals surface area contributed by atoms with E-state index in [-0.39, 0.29) is 36.4 Å². The summed E-state index contributed by atoms with van der Waals surface area (Å²) in [6.07, 6.45) is 1.38. The summed E-state index contributed by atoms with van der Waals surface area (Å²) in [5.74, 6) is -1.56. The summed E-state index contributed by atoms with van der Waals surface area (Å²) < 4.78 is 23.5. The van der Waals surface area contributed by atoms with Crippen LogP contribution in [0.4, 0.5) is 4.39 Å². The Kier molecular flexibility index (Phi) is 6.41. The number of aromatic nitrogens is 3. The molecule has 0 spiro atoms. The lowest BCUT2D eigenvalue weighted by molar-refractivity contribution is 0.0512. The number of carbonyl (C=O) groups is 2. The minimum absolute atomic E-state index is 0.132. The lowest BCUT2D eigenvalue weighted by atomic mass is 10.1. The van der Waals surface area contributed by atoms with Crippen LogP contribution in [0, 0.1) is 5.82 Å². The van der Waals surface area contributed by atoms with E-state index in [1.165, 1.54) is 30.5 Å². The van der Waals surface area contributed by atoms with Crippen molar-refractivity contribution in [2.75, 3.05) is 13.2 Å². The molecule has 0 fully saturated rings. The Bertz CT molecular complexity index is 1020. The molecule has 3 rings (SSSR count). The largest absolute Gasteiger partial charge is 0.466 e. The van der Waals surface area contributed by atoms with E-state index in [9.17, 15) is 14.0 Å². The van der Waals surface area contributed by atoms with Gasteiger partial charge in [-0.25, -0.2) is 9.18 Å². The Morgan fingerprint density at radius 2 is 1.86 bits per heavy atom. The zero-order valence-corrected chi connectivity index (χ0v) is 15.5. The second-order valence-corrected chi connectivity index (χ2v) is 5.73. The average molecular weight is 396 g/mol. The number of ketones is 1. The molecule has 2 aromatic carbocycles. The maximum absolute atomic E-state index is 13.0. The molecule has 0 amide bonds. The number of benzene rings is 2. The van der Waals surface area contributed by atoms with Gasteiger partial charge in [-0.05, 0) is 29.8 Å². The van der Waals surface area contributed by atoms with Crippen molar-refractivity contribution in [2.45, 2.75) is 6.92 Å². The van der Waals surface area contributed by atoms with Gasteiger partial charge >= 0.3 is 5.97 Å². The summed E-state index contributed by atoms with van der Waals surface area (Å²) in [4.78, 5) is 25.4. The molecule has 0 atom stereocenters. The van der Waals surface area contributed by atoms with Gasteiger partial charge in [-0.1, -0.05) is 47.3 Å². The standard InChI is InChI=1S/C20H17FN4O4/c1-2-28-20(27)18-19(29-13-17(26)15-6-4-3-5-7-15)25(24-23-18)22-12-14-8-10-16(21)11-9-14/h3-12H,2,13H2,1H3. The Hall–Kier alpha value is -3.88. The number of esters is 1. The predicted molar refractivity (Wildman–Crippen MR) is 102 cm³/mol. The van der Waals surface area contributed by atoms with E-state index in [4.69, 9.17) is 9.47 Å². The third-order valence-electron chi connectivity index (χ3n) is 3.70. The molecule has 8 nitrogen and oxygen atoms in total. The molecular weight excluding hydrogens is 379 g/mol. The first-order chi connectivity index (χ1) is 14.1. The van der Waals surface area contributed by atoms with Crippen LogP contribution < -0.4 is 4.74 Å². The topological polar surface area (TPSA) is 95.7 Å². The second kappa shape index (κ2) is 9.36. The molecule has 0 bridgehead atoms. The lowest BCUT2D eigenvalue weighted by Crippen LogP contribution is -2.15. The summed E-state index contributed by atoms with van der Waals surface area (Å²) in [6, 6.07) is 14.2. The Labute approximate surface area is 165 Å². The molecule has 3 aromatic rings. The van der Waals surface area contributed by atoms with Crippen molar-refractivity contribution in [2.24, 2.45) is 5.10 Å². The van der Waals surface area contributed by atoms with E-state index in [0.29, 0.717) is 11.1 Å². The third-order valence-corrected chi connectivity index (χ3v) is 3.70. The van der Waals surface area contributed by atoms with Crippen molar-refractivity contribution in [1.82, 2.24) is 15.1 Å². The van der Waals surface area contributed by atoms with Crippen LogP contribution in [0.15, 0.2) is 59.7 Å². The van der Waals surface area contributed by atoms with Gasteiger partial charge in [-0.3, -0.25) is 4.79 Å². The van der Waals surface area contributed by atoms with Crippen LogP contribution in [-0.4, -0.2) is 46.3 Å². The van der Waals surface area contributed by atoms with E-state index in [0.717, 1.165) is 4.79 Å². The Morgan fingerprint density at radius 1 is 1.14 bits per heavy atom. The highest BCUT2D eigenvalue weighted by atomic mass is 19.1. The SMILES string of the molecule is CCOC(=O)c1nnn(N=Cc2ccc(F)cc2)c1OCC(=O)c1ccccc1. The third kappa shape index (κ3) is 5.10. The van der Waals surface area contributed by atoms with Crippen LogP contribution >= 0.6 is 0 Å². The van der Waals surface area contributed by atoms with Gasteiger partial charge in [0.2, 0.25) is 5.69 Å². The second-order valence-electron chi connectivity index (χ2n) is 5.73. The van der Waals surface area contributed by atoms with Crippen molar-refractivity contribution < 1.29 is 23.5 Å². The fraction of sp³-hybridized carbons (Fsp3) is 0.150. The first-order valence-corrected chi connectivity index (χ1v) is 8.72. The Balaban J connectivity index is 1.83. The van der Waals surface area contributed by atoms with E-state index in [1.807, 2.05) is 0 Å². The molecule has 0 N–H and O–H groups in total. The molecule has 0 aliphatic rings. The van der Waals surface area contributed by atoms with Gasteiger partial charge in [-0.2, -0.15) is 5.10 Å². The molecule has 0 saturated heterocycles. The predicted octanol–water partition coefficient (Wildman–Crippen LogP) is 2.74. The van der Waals surface area contributed by atoms with Crippen molar-refractivity contribution in [1.29, 1.82) is 0 Å². The first-order valence-electron chi connectivity index (χ1n) is 8.72. The molecule has 0 aliphatic heterocycles. The minimum atomic E-state index is -0.752. The van der Waals surface area contributed by atoms with Gasteiger partial charge in [0.1, 0.15) is 5.82 Å². The number of ether oxygens (including phenoxy) is 2. The number of halogens is 1. The number of Topliss-reactive ketones (excluding diaryl/α,β-unsaturated/α-hetero) is 1. The van der Waals surface area contributed by atoms with Crippen LogP contribution in [0.2, 0.25) is 0 Å². The molecule has 0 saturated carbocycles. The zero-order chi connectivity index (χ0) is 20.6. The molecule has 1 aromatic heterocycles. The van der Waals surface area contributed by atoms with Gasteiger partial charge in [0, 0.05) is 5.56 Å². The summed E-state index contributed by atoms with van der Waals surface area (Å²) >= 11 is 0. The highest BCUT2D eigenvalue weighted by molar-refractivity contribution is 5.97. The zero-order valence-electron chi connectivity index (χ0n) is 15.5. The number of carbonyl (C=O) groups excluding carboxylic acids is 2. The number of rotatable bonds is 8. The smallest absolute Gasteiger partial charge is 0.364 e. The molecule has 148 valence electrons. The van der Waals surface area contributed by atoms with Gasteiger partial charge in [0.25, 0.3) is 5.88 Å². The maximum Gasteiger partial charge on any atom is 0.364 e. The molecule has 0 aliphatic carbocycles. The van der Waals surface area contributed by atoms with Crippen LogP contribution in [-0.2, 0) is 4.74 Å². The first kappa shape index (κ1) is 19.9. The van der Waals surface area contributed by atoms with Gasteiger partial charge in [0.15, 0.2) is 12.4 Å². The molecule has 0 unspecified atom stereocenters. The summed E-state index contributed by atoms with van der Waals surface area (Å²) in [5, 5.41) is 11.6. The van der Waals surface area contributed by atoms with E-state index in [2.05, 4.69) is 15.4 Å². The average Bonchev–Trinajstić information content (AvgIpc) is 3.15. The van der Waals surface area contributed by atoms with E-state index >= 15 is 0 Å². The molecule has 0 radical (unpaired) electrons. The molecule has 29 heavy (non-hydrogen) atoms. The normalized spacial score (nSPS) is 10.8. The van der Waals surface area contributed by atoms with Crippen molar-refractivity contribution in [3.8, 4) is 5.88 Å². The number of hydrogen-bond donors (Lipinski definition) is 0. The minimum Gasteiger partial charge on any atom is -0.466 e. The molecule has 1 heterocycles. The Morgan fingerprint density at radius 3 is 2.55 bits per heavy atom. The van der Waals surface area contributed by atoms with Crippen molar-refractivity contribution in [3.05, 3.63) is 77.2 Å². The molecular formula is C20H17FN4O4. The maximum atomic E-state index is 13.0. The highest BCUT2D eigenvalue weighted by Gasteiger charge is 2.23. The fourth-order valence-corrected chi connectivity index (χ4v) is 2.31. The van der Waals surface area contributed by atoms with E-state index in [1.54, 1.807) is 37.3 Å². The van der Waals surface area contributed by atoms with Crippen molar-refractivity contribution in [3.63, 3.8) is 0 Å². The number of nitrogens with zero attached hydrogens (tertiary/aromatic N) is 4. The molecule has 9 heteroatoms. The van der Waals surface area contributed by atoms with Crippen LogP contribution in [0.3, 0.4) is 0 Å². The summed E-state index contributed by atoms with van der Waals surface area (Å²) in [7, 11) is 0. The lowest BCUT2D eigenvalue weighted by Gasteiger charge is -2.06. The van der Waals surface area contributed by atoms with Crippen LogP contribution in [0.5, 0.6) is 5.88 Å². The van der Waals surface area contributed by atoms with Crippen LogP contribution in [0.1, 0.15) is 33.3 Å². The monoisotopic (exact) mass is 396 g/mol. The van der Waals surface area contributed by atoms with E-state index < -0.39 is 5.97 Å². The van der Waals surface area contributed by atoms with Crippen molar-refractivity contribution >= 4 is 18.0 Å². The highest BCUT2D eigenvalue weighted by Crippen LogP contribution is 2.17. The fourth-order valence-electron chi connectivity index (χ4n) is 2.31.